The van der Waals surface area contributed by atoms with Crippen LogP contribution >= 0.6 is 0 Å². The molecule has 11 heteroatoms. The van der Waals surface area contributed by atoms with E-state index >= 15 is 0 Å². The molecule has 1 amide bonds. The standard InChI is InChI=1S/C36H38FN7O3/c1-4-36(45)41-29-15-30(33(46-3)16-32(29)43-20-26-18-42(2)19-27(26)21-43)40-34-17-35(39-22-38-34)44-31(11-12-47-44)25-9-5-7-23(13-25)24-8-6-10-28(37)14-24/h4-10,13-17,22,26-27,31H,1,11-12,18-21H2,2-3H3,(H,41,45)(H,38,39,40)/t26?,27?,31-/m1/s1. The molecule has 4 aromatic rings. The van der Waals surface area contributed by atoms with Crippen molar-refractivity contribution >= 4 is 34.6 Å². The third kappa shape index (κ3) is 6.36. The van der Waals surface area contributed by atoms with Gasteiger partial charge < -0.3 is 25.2 Å². The average Bonchev–Trinajstić information content (AvgIpc) is 3.81. The van der Waals surface area contributed by atoms with E-state index < -0.39 is 0 Å². The zero-order valence-corrected chi connectivity index (χ0v) is 26.5. The summed E-state index contributed by atoms with van der Waals surface area (Å²) in [6.45, 7) is 8.14. The summed E-state index contributed by atoms with van der Waals surface area (Å²) in [5.74, 6) is 2.36. The molecule has 3 aliphatic heterocycles. The fourth-order valence-electron chi connectivity index (χ4n) is 7.07. The quantitative estimate of drug-likeness (QED) is 0.214. The third-order valence-corrected chi connectivity index (χ3v) is 9.25. The Hall–Kier alpha value is -5.00. The molecule has 3 saturated heterocycles. The van der Waals surface area contributed by atoms with E-state index in [1.54, 1.807) is 18.2 Å². The van der Waals surface area contributed by atoms with Gasteiger partial charge in [0.2, 0.25) is 5.91 Å². The Bertz CT molecular complexity index is 1790. The lowest BCUT2D eigenvalue weighted by atomic mass is 9.98. The van der Waals surface area contributed by atoms with Gasteiger partial charge in [-0.1, -0.05) is 36.9 Å². The molecule has 3 fully saturated rings. The fraction of sp³-hybridized carbons (Fsp3) is 0.306. The number of rotatable bonds is 9. The Morgan fingerprint density at radius 2 is 1.77 bits per heavy atom. The largest absolute Gasteiger partial charge is 0.494 e. The molecule has 0 radical (unpaired) electrons. The first-order valence-electron chi connectivity index (χ1n) is 15.8. The van der Waals surface area contributed by atoms with Crippen LogP contribution in [0.2, 0.25) is 0 Å². The van der Waals surface area contributed by atoms with Crippen LogP contribution < -0.4 is 25.3 Å². The Morgan fingerprint density at radius 1 is 1.00 bits per heavy atom. The van der Waals surface area contributed by atoms with Gasteiger partial charge in [-0.2, -0.15) is 0 Å². The van der Waals surface area contributed by atoms with Crippen LogP contribution in [0.3, 0.4) is 0 Å². The molecule has 3 aromatic carbocycles. The highest BCUT2D eigenvalue weighted by Crippen LogP contribution is 2.43. The van der Waals surface area contributed by atoms with E-state index in [4.69, 9.17) is 9.57 Å². The second kappa shape index (κ2) is 13.0. The zero-order valence-electron chi connectivity index (χ0n) is 26.5. The van der Waals surface area contributed by atoms with Gasteiger partial charge in [0, 0.05) is 44.7 Å². The van der Waals surface area contributed by atoms with Crippen molar-refractivity contribution in [3.8, 4) is 16.9 Å². The maximum atomic E-state index is 13.9. The Kier molecular flexibility index (Phi) is 8.48. The van der Waals surface area contributed by atoms with Crippen LogP contribution in [0.1, 0.15) is 18.0 Å². The predicted molar refractivity (Wildman–Crippen MR) is 181 cm³/mol. The smallest absolute Gasteiger partial charge is 0.247 e. The highest BCUT2D eigenvalue weighted by molar-refractivity contribution is 6.02. The van der Waals surface area contributed by atoms with E-state index in [9.17, 15) is 9.18 Å². The van der Waals surface area contributed by atoms with Crippen molar-refractivity contribution < 1.29 is 18.8 Å². The van der Waals surface area contributed by atoms with E-state index in [0.29, 0.717) is 47.2 Å². The number of methoxy groups -OCH3 is 1. The van der Waals surface area contributed by atoms with E-state index in [2.05, 4.69) is 50.1 Å². The Morgan fingerprint density at radius 3 is 2.51 bits per heavy atom. The fourth-order valence-corrected chi connectivity index (χ4v) is 7.07. The number of benzene rings is 3. The van der Waals surface area contributed by atoms with Gasteiger partial charge in [-0.05, 0) is 65.9 Å². The monoisotopic (exact) mass is 635 g/mol. The van der Waals surface area contributed by atoms with E-state index in [1.165, 1.54) is 24.5 Å². The number of halogens is 1. The van der Waals surface area contributed by atoms with Crippen LogP contribution in [0.4, 0.5) is 33.1 Å². The number of anilines is 5. The third-order valence-electron chi connectivity index (χ3n) is 9.25. The Balaban J connectivity index is 1.15. The van der Waals surface area contributed by atoms with Crippen molar-refractivity contribution in [3.63, 3.8) is 0 Å². The number of ether oxygens (including phenoxy) is 1. The number of hydroxylamine groups is 1. The van der Waals surface area contributed by atoms with Gasteiger partial charge >= 0.3 is 0 Å². The molecule has 47 heavy (non-hydrogen) atoms. The van der Waals surface area contributed by atoms with Crippen molar-refractivity contribution in [1.82, 2.24) is 14.9 Å². The zero-order chi connectivity index (χ0) is 32.5. The SMILES string of the molecule is C=CC(=O)Nc1cc(Nc2cc(N3OCC[C@@H]3c3cccc(-c4cccc(F)c4)c3)ncn2)c(OC)cc1N1CC2CN(C)CC2C1. The summed E-state index contributed by atoms with van der Waals surface area (Å²) in [6, 6.07) is 20.2. The number of nitrogens with zero attached hydrogens (tertiary/aromatic N) is 5. The molecule has 10 nitrogen and oxygen atoms in total. The first-order chi connectivity index (χ1) is 22.9. The van der Waals surface area contributed by atoms with Crippen molar-refractivity contribution in [1.29, 1.82) is 0 Å². The molecule has 3 atom stereocenters. The van der Waals surface area contributed by atoms with Crippen LogP contribution in [0.5, 0.6) is 5.75 Å². The van der Waals surface area contributed by atoms with E-state index in [1.807, 2.05) is 42.5 Å². The van der Waals surface area contributed by atoms with Crippen LogP contribution in [-0.2, 0) is 9.63 Å². The molecule has 0 spiro atoms. The summed E-state index contributed by atoms with van der Waals surface area (Å²) >= 11 is 0. The number of fused-ring (bicyclic) bond motifs is 1. The lowest BCUT2D eigenvalue weighted by Crippen LogP contribution is -2.27. The second-order valence-electron chi connectivity index (χ2n) is 12.4. The predicted octanol–water partition coefficient (Wildman–Crippen LogP) is 6.04. The van der Waals surface area contributed by atoms with E-state index in [0.717, 1.165) is 55.0 Å². The van der Waals surface area contributed by atoms with Crippen LogP contribution in [0.15, 0.2) is 85.7 Å². The highest BCUT2D eigenvalue weighted by atomic mass is 19.1. The lowest BCUT2D eigenvalue weighted by molar-refractivity contribution is -0.111. The molecule has 3 aliphatic rings. The minimum Gasteiger partial charge on any atom is -0.494 e. The lowest BCUT2D eigenvalue weighted by Gasteiger charge is -2.26. The topological polar surface area (TPSA) is 95.1 Å². The van der Waals surface area contributed by atoms with Crippen LogP contribution in [-0.4, -0.2) is 67.7 Å². The van der Waals surface area contributed by atoms with Crippen molar-refractivity contribution in [2.24, 2.45) is 11.8 Å². The molecule has 242 valence electrons. The molecule has 2 unspecified atom stereocenters. The normalized spacial score (nSPS) is 20.7. The summed E-state index contributed by atoms with van der Waals surface area (Å²) in [4.78, 5) is 32.3. The van der Waals surface area contributed by atoms with Gasteiger partial charge in [0.05, 0.1) is 36.8 Å². The first kappa shape index (κ1) is 30.6. The highest BCUT2D eigenvalue weighted by Gasteiger charge is 2.39. The molecule has 0 saturated carbocycles. The summed E-state index contributed by atoms with van der Waals surface area (Å²) in [6.07, 6.45) is 3.52. The van der Waals surface area contributed by atoms with Gasteiger partial charge in [0.25, 0.3) is 0 Å². The first-order valence-corrected chi connectivity index (χ1v) is 15.8. The summed E-state index contributed by atoms with van der Waals surface area (Å²) < 4.78 is 19.8. The molecule has 7 rings (SSSR count). The van der Waals surface area contributed by atoms with Gasteiger partial charge in [-0.3, -0.25) is 9.63 Å². The molecule has 4 heterocycles. The summed E-state index contributed by atoms with van der Waals surface area (Å²) in [7, 11) is 3.80. The molecular formula is C36H38FN7O3. The van der Waals surface area contributed by atoms with E-state index in [-0.39, 0.29) is 17.8 Å². The van der Waals surface area contributed by atoms with Crippen LogP contribution in [0.25, 0.3) is 11.1 Å². The minimum atomic E-state index is -0.287. The number of carbonyl (C=O) groups is 1. The van der Waals surface area contributed by atoms with Gasteiger partial charge in [0.1, 0.15) is 23.7 Å². The van der Waals surface area contributed by atoms with Crippen molar-refractivity contribution in [2.75, 3.05) is 67.5 Å². The van der Waals surface area contributed by atoms with Gasteiger partial charge in [0.15, 0.2) is 5.82 Å². The van der Waals surface area contributed by atoms with Crippen molar-refractivity contribution in [3.05, 3.63) is 97.1 Å². The average molecular weight is 636 g/mol. The summed E-state index contributed by atoms with van der Waals surface area (Å²) in [5, 5.41) is 8.18. The minimum absolute atomic E-state index is 0.0967. The second-order valence-corrected chi connectivity index (χ2v) is 12.4. The summed E-state index contributed by atoms with van der Waals surface area (Å²) in [5.41, 5.74) is 5.00. The molecular weight excluding hydrogens is 597 g/mol. The molecule has 0 bridgehead atoms. The number of hydrogen-bond donors (Lipinski definition) is 2. The number of amides is 1. The maximum absolute atomic E-state index is 13.9. The van der Waals surface area contributed by atoms with Gasteiger partial charge in [-0.15, -0.1) is 0 Å². The maximum Gasteiger partial charge on any atom is 0.247 e. The van der Waals surface area contributed by atoms with Crippen molar-refractivity contribution in [2.45, 2.75) is 12.5 Å². The number of hydrogen-bond acceptors (Lipinski definition) is 9. The number of likely N-dealkylation sites (tertiary alicyclic amines) is 1. The number of nitrogens with one attached hydrogen (secondary N) is 2. The van der Waals surface area contributed by atoms with Gasteiger partial charge in [-0.25, -0.2) is 19.4 Å². The van der Waals surface area contributed by atoms with Crippen LogP contribution in [0, 0.1) is 17.7 Å². The number of aromatic nitrogens is 2. The number of carbonyl (C=O) groups excluding carboxylic acids is 1. The Labute approximate surface area is 273 Å². The molecule has 0 aliphatic carbocycles. The molecule has 2 N–H and O–H groups in total. The molecule has 1 aromatic heterocycles.